The van der Waals surface area contributed by atoms with Gasteiger partial charge in [-0.25, -0.2) is 0 Å². The van der Waals surface area contributed by atoms with Crippen LogP contribution in [0.3, 0.4) is 0 Å². The van der Waals surface area contributed by atoms with Gasteiger partial charge in [0.2, 0.25) is 0 Å². The zero-order valence-electron chi connectivity index (χ0n) is 18.2. The van der Waals surface area contributed by atoms with E-state index < -0.39 is 0 Å². The molecule has 0 aromatic carbocycles. The Labute approximate surface area is 167 Å². The standard InChI is InChI=1S/C22H44N2O3/c1-4-22-18-21(19-24(22)13-17-26-3)6-5-14-27-15-9-20-7-10-23(11-8-20)12-16-25-2/h20-22H,4-19H2,1-3H3/t21-,22+/m0/s1. The number of rotatable bonds is 14. The summed E-state index contributed by atoms with van der Waals surface area (Å²) in [6.45, 7) is 11.8. The number of hydrogen-bond acceptors (Lipinski definition) is 5. The molecule has 2 heterocycles. The topological polar surface area (TPSA) is 34.2 Å². The van der Waals surface area contributed by atoms with E-state index in [0.717, 1.165) is 57.4 Å². The maximum atomic E-state index is 5.97. The SMILES string of the molecule is CC[C@@H]1C[C@H](CCCOCCC2CCN(CCOC)CC2)CN1CCOC. The Hall–Kier alpha value is -0.200. The number of piperidine rings is 1. The minimum absolute atomic E-state index is 0.765. The first-order valence-corrected chi connectivity index (χ1v) is 11.3. The van der Waals surface area contributed by atoms with E-state index in [0.29, 0.717) is 0 Å². The van der Waals surface area contributed by atoms with Crippen molar-refractivity contribution in [3.8, 4) is 0 Å². The van der Waals surface area contributed by atoms with Gasteiger partial charge in [-0.2, -0.15) is 0 Å². The van der Waals surface area contributed by atoms with Crippen LogP contribution in [0.4, 0.5) is 0 Å². The van der Waals surface area contributed by atoms with Gasteiger partial charge >= 0.3 is 0 Å². The van der Waals surface area contributed by atoms with Gasteiger partial charge in [-0.3, -0.25) is 4.90 Å². The average Bonchev–Trinajstić information content (AvgIpc) is 3.10. The number of ether oxygens (including phenoxy) is 3. The number of methoxy groups -OCH3 is 2. The number of nitrogens with zero attached hydrogens (tertiary/aromatic N) is 2. The fourth-order valence-corrected chi connectivity index (χ4v) is 4.75. The van der Waals surface area contributed by atoms with E-state index in [4.69, 9.17) is 14.2 Å². The van der Waals surface area contributed by atoms with Gasteiger partial charge in [0, 0.05) is 53.1 Å². The van der Waals surface area contributed by atoms with Crippen LogP contribution in [-0.4, -0.2) is 89.2 Å². The maximum absolute atomic E-state index is 5.97. The van der Waals surface area contributed by atoms with Crippen molar-refractivity contribution in [2.45, 2.75) is 57.9 Å². The zero-order chi connectivity index (χ0) is 19.3. The van der Waals surface area contributed by atoms with E-state index >= 15 is 0 Å². The van der Waals surface area contributed by atoms with Gasteiger partial charge in [0.25, 0.3) is 0 Å². The molecule has 2 rings (SSSR count). The lowest BCUT2D eigenvalue weighted by Gasteiger charge is -2.31. The third-order valence-electron chi connectivity index (χ3n) is 6.56. The molecule has 27 heavy (non-hydrogen) atoms. The van der Waals surface area contributed by atoms with E-state index in [1.165, 1.54) is 64.6 Å². The third-order valence-corrected chi connectivity index (χ3v) is 6.56. The highest BCUT2D eigenvalue weighted by Gasteiger charge is 2.29. The molecule has 0 amide bonds. The van der Waals surface area contributed by atoms with E-state index in [-0.39, 0.29) is 0 Å². The highest BCUT2D eigenvalue weighted by atomic mass is 16.5. The lowest BCUT2D eigenvalue weighted by Crippen LogP contribution is -2.36. The first-order valence-electron chi connectivity index (χ1n) is 11.3. The van der Waals surface area contributed by atoms with E-state index in [1.807, 2.05) is 0 Å². The second-order valence-electron chi connectivity index (χ2n) is 8.47. The Kier molecular flexibility index (Phi) is 11.9. The maximum Gasteiger partial charge on any atom is 0.0589 e. The largest absolute Gasteiger partial charge is 0.383 e. The van der Waals surface area contributed by atoms with Crippen molar-refractivity contribution < 1.29 is 14.2 Å². The van der Waals surface area contributed by atoms with Gasteiger partial charge in [0.1, 0.15) is 0 Å². The van der Waals surface area contributed by atoms with Crippen LogP contribution in [0, 0.1) is 11.8 Å². The van der Waals surface area contributed by atoms with Crippen molar-refractivity contribution in [1.29, 1.82) is 0 Å². The third kappa shape index (κ3) is 8.78. The molecule has 0 saturated carbocycles. The minimum Gasteiger partial charge on any atom is -0.383 e. The molecule has 2 atom stereocenters. The van der Waals surface area contributed by atoms with Crippen LogP contribution in [0.15, 0.2) is 0 Å². The molecule has 2 aliphatic rings. The lowest BCUT2D eigenvalue weighted by atomic mass is 9.94. The molecule has 0 bridgehead atoms. The fraction of sp³-hybridized carbons (Fsp3) is 1.00. The summed E-state index contributed by atoms with van der Waals surface area (Å²) in [5.41, 5.74) is 0. The van der Waals surface area contributed by atoms with Gasteiger partial charge in [-0.1, -0.05) is 6.92 Å². The quantitative estimate of drug-likeness (QED) is 0.429. The molecule has 0 aromatic heterocycles. The van der Waals surface area contributed by atoms with E-state index in [9.17, 15) is 0 Å². The Balaban J connectivity index is 1.46. The fourth-order valence-electron chi connectivity index (χ4n) is 4.75. The zero-order valence-corrected chi connectivity index (χ0v) is 18.2. The summed E-state index contributed by atoms with van der Waals surface area (Å²) in [4.78, 5) is 5.16. The van der Waals surface area contributed by atoms with Crippen LogP contribution in [0.5, 0.6) is 0 Å². The molecule has 0 aliphatic carbocycles. The van der Waals surface area contributed by atoms with Crippen LogP contribution >= 0.6 is 0 Å². The molecular formula is C22H44N2O3. The van der Waals surface area contributed by atoms with Gasteiger partial charge in [-0.05, 0) is 69.9 Å². The molecule has 0 unspecified atom stereocenters. The van der Waals surface area contributed by atoms with Crippen molar-refractivity contribution in [3.63, 3.8) is 0 Å². The van der Waals surface area contributed by atoms with E-state index in [2.05, 4.69) is 16.7 Å². The first-order chi connectivity index (χ1) is 13.3. The van der Waals surface area contributed by atoms with Crippen LogP contribution in [-0.2, 0) is 14.2 Å². The second kappa shape index (κ2) is 13.9. The Morgan fingerprint density at radius 2 is 1.59 bits per heavy atom. The molecule has 5 nitrogen and oxygen atoms in total. The molecule has 0 radical (unpaired) electrons. The summed E-state index contributed by atoms with van der Waals surface area (Å²) in [6, 6.07) is 0.765. The summed E-state index contributed by atoms with van der Waals surface area (Å²) in [6.07, 6.45) is 9.05. The highest BCUT2D eigenvalue weighted by Crippen LogP contribution is 2.28. The molecule has 160 valence electrons. The lowest BCUT2D eigenvalue weighted by molar-refractivity contribution is 0.0871. The molecule has 2 aliphatic heterocycles. The van der Waals surface area contributed by atoms with Crippen LogP contribution in [0.2, 0.25) is 0 Å². The Morgan fingerprint density at radius 3 is 2.30 bits per heavy atom. The number of likely N-dealkylation sites (tertiary alicyclic amines) is 2. The molecule has 2 saturated heterocycles. The molecule has 5 heteroatoms. The van der Waals surface area contributed by atoms with Gasteiger partial charge < -0.3 is 19.1 Å². The van der Waals surface area contributed by atoms with Crippen molar-refractivity contribution in [2.24, 2.45) is 11.8 Å². The summed E-state index contributed by atoms with van der Waals surface area (Å²) >= 11 is 0. The summed E-state index contributed by atoms with van der Waals surface area (Å²) < 4.78 is 16.4. The van der Waals surface area contributed by atoms with Crippen molar-refractivity contribution in [1.82, 2.24) is 9.80 Å². The van der Waals surface area contributed by atoms with Crippen molar-refractivity contribution in [3.05, 3.63) is 0 Å². The Morgan fingerprint density at radius 1 is 0.852 bits per heavy atom. The summed E-state index contributed by atoms with van der Waals surface area (Å²) in [5.74, 6) is 1.71. The first kappa shape index (κ1) is 23.1. The van der Waals surface area contributed by atoms with Gasteiger partial charge in [-0.15, -0.1) is 0 Å². The highest BCUT2D eigenvalue weighted by molar-refractivity contribution is 4.84. The smallest absolute Gasteiger partial charge is 0.0589 e. The summed E-state index contributed by atoms with van der Waals surface area (Å²) in [5, 5.41) is 0. The predicted octanol–water partition coefficient (Wildman–Crippen LogP) is 3.28. The van der Waals surface area contributed by atoms with Gasteiger partial charge in [0.15, 0.2) is 0 Å². The minimum atomic E-state index is 0.765. The second-order valence-corrected chi connectivity index (χ2v) is 8.47. The molecular weight excluding hydrogens is 340 g/mol. The van der Waals surface area contributed by atoms with Crippen LogP contribution in [0.1, 0.15) is 51.9 Å². The molecule has 0 spiro atoms. The molecule has 2 fully saturated rings. The predicted molar refractivity (Wildman–Crippen MR) is 111 cm³/mol. The summed E-state index contributed by atoms with van der Waals surface area (Å²) in [7, 11) is 3.59. The monoisotopic (exact) mass is 384 g/mol. The Bertz CT molecular complexity index is 361. The number of hydrogen-bond donors (Lipinski definition) is 0. The van der Waals surface area contributed by atoms with Gasteiger partial charge in [0.05, 0.1) is 13.2 Å². The van der Waals surface area contributed by atoms with Crippen LogP contribution in [0.25, 0.3) is 0 Å². The normalized spacial score (nSPS) is 25.4. The average molecular weight is 385 g/mol. The van der Waals surface area contributed by atoms with Crippen molar-refractivity contribution in [2.75, 3.05) is 73.4 Å². The van der Waals surface area contributed by atoms with E-state index in [1.54, 1.807) is 14.2 Å². The van der Waals surface area contributed by atoms with Crippen LogP contribution < -0.4 is 0 Å². The molecule has 0 N–H and O–H groups in total. The molecule has 0 aromatic rings. The van der Waals surface area contributed by atoms with Crippen molar-refractivity contribution >= 4 is 0 Å².